The van der Waals surface area contributed by atoms with Gasteiger partial charge in [0, 0.05) is 30.4 Å². The normalized spacial score (nSPS) is 11.1. The Balaban J connectivity index is 2.27. The molecule has 0 bridgehead atoms. The Morgan fingerprint density at radius 2 is 2.11 bits per heavy atom. The SMILES string of the molecule is CCc1nc(-c2cncc(F)c2)nc2c1ccn2C. The number of nitrogens with zero attached hydrogens (tertiary/aromatic N) is 4. The summed E-state index contributed by atoms with van der Waals surface area (Å²) in [5, 5.41) is 1.04. The summed E-state index contributed by atoms with van der Waals surface area (Å²) in [7, 11) is 1.93. The standard InChI is InChI=1S/C14H13FN4/c1-3-12-11-4-5-19(2)14(11)18-13(17-12)9-6-10(15)8-16-7-9/h4-8H,3H2,1-2H3. The van der Waals surface area contributed by atoms with E-state index in [2.05, 4.69) is 15.0 Å². The smallest absolute Gasteiger partial charge is 0.163 e. The van der Waals surface area contributed by atoms with Gasteiger partial charge in [-0.3, -0.25) is 4.98 Å². The van der Waals surface area contributed by atoms with E-state index in [0.29, 0.717) is 11.4 Å². The lowest BCUT2D eigenvalue weighted by atomic mass is 10.2. The first-order valence-electron chi connectivity index (χ1n) is 6.12. The number of hydrogen-bond donors (Lipinski definition) is 0. The molecule has 0 saturated heterocycles. The van der Waals surface area contributed by atoms with Crippen molar-refractivity contribution < 1.29 is 4.39 Å². The fraction of sp³-hybridized carbons (Fsp3) is 0.214. The molecule has 96 valence electrons. The van der Waals surface area contributed by atoms with E-state index < -0.39 is 0 Å². The molecule has 0 amide bonds. The summed E-state index contributed by atoms with van der Waals surface area (Å²) in [6.45, 7) is 2.04. The van der Waals surface area contributed by atoms with Gasteiger partial charge in [-0.2, -0.15) is 0 Å². The summed E-state index contributed by atoms with van der Waals surface area (Å²) in [5.74, 6) is 0.129. The van der Waals surface area contributed by atoms with Crippen LogP contribution in [-0.2, 0) is 13.5 Å². The van der Waals surface area contributed by atoms with Crippen LogP contribution in [0.1, 0.15) is 12.6 Å². The maximum Gasteiger partial charge on any atom is 0.163 e. The molecule has 0 radical (unpaired) electrons. The minimum atomic E-state index is -0.383. The maximum atomic E-state index is 13.2. The maximum absolute atomic E-state index is 13.2. The average Bonchev–Trinajstić information content (AvgIpc) is 2.80. The van der Waals surface area contributed by atoms with Gasteiger partial charge in [-0.05, 0) is 18.6 Å². The zero-order chi connectivity index (χ0) is 13.4. The van der Waals surface area contributed by atoms with E-state index in [1.807, 2.05) is 30.8 Å². The molecule has 0 fully saturated rings. The first-order valence-corrected chi connectivity index (χ1v) is 6.12. The molecule has 3 aromatic heterocycles. The monoisotopic (exact) mass is 256 g/mol. The number of halogens is 1. The van der Waals surface area contributed by atoms with E-state index in [0.717, 1.165) is 23.1 Å². The van der Waals surface area contributed by atoms with Gasteiger partial charge in [0.2, 0.25) is 0 Å². The Bertz CT molecular complexity index is 748. The minimum absolute atomic E-state index is 0.383. The summed E-state index contributed by atoms with van der Waals surface area (Å²) >= 11 is 0. The molecule has 0 N–H and O–H groups in total. The van der Waals surface area contributed by atoms with Crippen molar-refractivity contribution in [3.63, 3.8) is 0 Å². The van der Waals surface area contributed by atoms with E-state index in [4.69, 9.17) is 0 Å². The van der Waals surface area contributed by atoms with Crippen LogP contribution in [0.4, 0.5) is 4.39 Å². The summed E-state index contributed by atoms with van der Waals surface area (Å²) in [4.78, 5) is 12.9. The molecule has 5 heteroatoms. The van der Waals surface area contributed by atoms with Crippen LogP contribution in [0.25, 0.3) is 22.4 Å². The van der Waals surface area contributed by atoms with Crippen molar-refractivity contribution in [2.75, 3.05) is 0 Å². The van der Waals surface area contributed by atoms with Crippen molar-refractivity contribution in [3.8, 4) is 11.4 Å². The average molecular weight is 256 g/mol. The summed E-state index contributed by atoms with van der Waals surface area (Å²) in [6.07, 6.45) is 5.50. The van der Waals surface area contributed by atoms with Crippen molar-refractivity contribution in [2.45, 2.75) is 13.3 Å². The molecule has 0 saturated carbocycles. The summed E-state index contributed by atoms with van der Waals surface area (Å²) < 4.78 is 15.2. The molecular weight excluding hydrogens is 243 g/mol. The molecule has 0 aliphatic carbocycles. The Morgan fingerprint density at radius 1 is 1.26 bits per heavy atom. The highest BCUT2D eigenvalue weighted by Crippen LogP contribution is 2.22. The van der Waals surface area contributed by atoms with E-state index >= 15 is 0 Å². The molecule has 0 spiro atoms. The number of aromatic nitrogens is 4. The highest BCUT2D eigenvalue weighted by atomic mass is 19.1. The molecule has 0 atom stereocenters. The Morgan fingerprint density at radius 3 is 2.84 bits per heavy atom. The predicted octanol–water partition coefficient (Wildman–Crippen LogP) is 2.73. The third-order valence-electron chi connectivity index (χ3n) is 3.10. The first kappa shape index (κ1) is 11.8. The Kier molecular flexibility index (Phi) is 2.74. The van der Waals surface area contributed by atoms with Gasteiger partial charge < -0.3 is 4.57 Å². The summed E-state index contributed by atoms with van der Waals surface area (Å²) in [5.41, 5.74) is 2.41. The molecule has 0 aliphatic rings. The van der Waals surface area contributed by atoms with Gasteiger partial charge in [0.05, 0.1) is 11.9 Å². The predicted molar refractivity (Wildman–Crippen MR) is 71.1 cm³/mol. The number of rotatable bonds is 2. The van der Waals surface area contributed by atoms with Gasteiger partial charge in [-0.25, -0.2) is 14.4 Å². The molecule has 3 heterocycles. The lowest BCUT2D eigenvalue weighted by molar-refractivity contribution is 0.622. The fourth-order valence-corrected chi connectivity index (χ4v) is 2.13. The zero-order valence-corrected chi connectivity index (χ0v) is 10.8. The van der Waals surface area contributed by atoms with Crippen molar-refractivity contribution in [1.29, 1.82) is 0 Å². The molecule has 0 aromatic carbocycles. The van der Waals surface area contributed by atoms with Gasteiger partial charge in [0.25, 0.3) is 0 Å². The highest BCUT2D eigenvalue weighted by Gasteiger charge is 2.11. The van der Waals surface area contributed by atoms with Crippen molar-refractivity contribution in [1.82, 2.24) is 19.5 Å². The van der Waals surface area contributed by atoms with Crippen LogP contribution < -0.4 is 0 Å². The van der Waals surface area contributed by atoms with Crippen LogP contribution in [0.5, 0.6) is 0 Å². The quantitative estimate of drug-likeness (QED) is 0.708. The second-order valence-electron chi connectivity index (χ2n) is 4.40. The lowest BCUT2D eigenvalue weighted by Gasteiger charge is -2.05. The Labute approximate surface area is 110 Å². The molecule has 4 nitrogen and oxygen atoms in total. The third kappa shape index (κ3) is 1.97. The van der Waals surface area contributed by atoms with Crippen LogP contribution >= 0.6 is 0 Å². The van der Waals surface area contributed by atoms with Gasteiger partial charge in [0.15, 0.2) is 5.82 Å². The van der Waals surface area contributed by atoms with Crippen LogP contribution in [0, 0.1) is 5.82 Å². The highest BCUT2D eigenvalue weighted by molar-refractivity contribution is 5.80. The largest absolute Gasteiger partial charge is 0.335 e. The van der Waals surface area contributed by atoms with E-state index in [1.165, 1.54) is 12.3 Å². The number of hydrogen-bond acceptors (Lipinski definition) is 3. The van der Waals surface area contributed by atoms with Crippen LogP contribution in [0.3, 0.4) is 0 Å². The van der Waals surface area contributed by atoms with Crippen LogP contribution in [0.15, 0.2) is 30.7 Å². The van der Waals surface area contributed by atoms with E-state index in [9.17, 15) is 4.39 Å². The van der Waals surface area contributed by atoms with Gasteiger partial charge in [0.1, 0.15) is 11.5 Å². The topological polar surface area (TPSA) is 43.6 Å². The second kappa shape index (κ2) is 4.42. The van der Waals surface area contributed by atoms with Gasteiger partial charge in [-0.1, -0.05) is 6.92 Å². The fourth-order valence-electron chi connectivity index (χ4n) is 2.13. The van der Waals surface area contributed by atoms with E-state index in [-0.39, 0.29) is 5.82 Å². The molecule has 3 rings (SSSR count). The Hall–Kier alpha value is -2.30. The van der Waals surface area contributed by atoms with Gasteiger partial charge >= 0.3 is 0 Å². The number of fused-ring (bicyclic) bond motifs is 1. The summed E-state index contributed by atoms with van der Waals surface area (Å²) in [6, 6.07) is 3.40. The van der Waals surface area contributed by atoms with Crippen molar-refractivity contribution in [2.24, 2.45) is 7.05 Å². The molecular formula is C14H13FN4. The molecule has 19 heavy (non-hydrogen) atoms. The third-order valence-corrected chi connectivity index (χ3v) is 3.10. The number of aryl methyl sites for hydroxylation is 2. The lowest BCUT2D eigenvalue weighted by Crippen LogP contribution is -1.99. The minimum Gasteiger partial charge on any atom is -0.335 e. The van der Waals surface area contributed by atoms with E-state index in [1.54, 1.807) is 6.20 Å². The van der Waals surface area contributed by atoms with Crippen LogP contribution in [0.2, 0.25) is 0 Å². The molecule has 0 unspecified atom stereocenters. The second-order valence-corrected chi connectivity index (χ2v) is 4.40. The van der Waals surface area contributed by atoms with Crippen molar-refractivity contribution >= 4 is 11.0 Å². The molecule has 0 aliphatic heterocycles. The van der Waals surface area contributed by atoms with Crippen LogP contribution in [-0.4, -0.2) is 19.5 Å². The molecule has 3 aromatic rings. The number of pyridine rings is 1. The zero-order valence-electron chi connectivity index (χ0n) is 10.8. The van der Waals surface area contributed by atoms with Crippen molar-refractivity contribution in [3.05, 3.63) is 42.2 Å². The van der Waals surface area contributed by atoms with Gasteiger partial charge in [-0.15, -0.1) is 0 Å². The first-order chi connectivity index (χ1) is 9.19.